The molecule has 0 aliphatic heterocycles. The number of carbonyl (C=O) groups excluding carboxylic acids is 1. The third-order valence-electron chi connectivity index (χ3n) is 2.93. The van der Waals surface area contributed by atoms with Gasteiger partial charge in [0.1, 0.15) is 0 Å². The Labute approximate surface area is 123 Å². The van der Waals surface area contributed by atoms with Gasteiger partial charge in [-0.15, -0.1) is 12.6 Å². The Morgan fingerprint density at radius 3 is 2.58 bits per heavy atom. The smallest absolute Gasteiger partial charge is 0.256 e. The second-order valence-electron chi connectivity index (χ2n) is 4.39. The molecule has 0 saturated heterocycles. The normalized spacial score (nSPS) is 10.3. The molecule has 0 radical (unpaired) electrons. The maximum Gasteiger partial charge on any atom is 0.256 e. The molecule has 0 bridgehead atoms. The minimum Gasteiger partial charge on any atom is -0.320 e. The van der Waals surface area contributed by atoms with Crippen LogP contribution in [0, 0.1) is 13.8 Å². The lowest BCUT2D eigenvalue weighted by molar-refractivity contribution is 0.102. The number of benzene rings is 2. The fourth-order valence-corrected chi connectivity index (χ4v) is 2.30. The van der Waals surface area contributed by atoms with E-state index in [9.17, 15) is 4.79 Å². The van der Waals surface area contributed by atoms with E-state index in [1.54, 1.807) is 12.1 Å². The van der Waals surface area contributed by atoms with E-state index < -0.39 is 0 Å². The van der Waals surface area contributed by atoms with Gasteiger partial charge < -0.3 is 5.32 Å². The van der Waals surface area contributed by atoms with Crippen LogP contribution < -0.4 is 5.32 Å². The topological polar surface area (TPSA) is 29.1 Å². The molecule has 0 aromatic heterocycles. The first-order valence-corrected chi connectivity index (χ1v) is 6.67. The zero-order valence-corrected chi connectivity index (χ0v) is 12.3. The largest absolute Gasteiger partial charge is 0.320 e. The Hall–Kier alpha value is -1.45. The van der Waals surface area contributed by atoms with Crippen molar-refractivity contribution in [1.29, 1.82) is 0 Å². The van der Waals surface area contributed by atoms with Crippen molar-refractivity contribution in [2.75, 3.05) is 5.32 Å². The molecule has 0 heterocycles. The first-order chi connectivity index (χ1) is 8.99. The molecule has 0 spiro atoms. The first kappa shape index (κ1) is 14.0. The lowest BCUT2D eigenvalue weighted by atomic mass is 10.1. The minimum atomic E-state index is -0.176. The van der Waals surface area contributed by atoms with E-state index in [1.807, 2.05) is 38.1 Å². The van der Waals surface area contributed by atoms with E-state index in [0.29, 0.717) is 16.3 Å². The molecular formula is C15H14ClNOS. The van der Waals surface area contributed by atoms with Gasteiger partial charge in [-0.3, -0.25) is 4.79 Å². The first-order valence-electron chi connectivity index (χ1n) is 5.85. The lowest BCUT2D eigenvalue weighted by Crippen LogP contribution is -2.14. The fraction of sp³-hybridized carbons (Fsp3) is 0.133. The number of halogens is 1. The number of aryl methyl sites for hydroxylation is 2. The zero-order valence-electron chi connectivity index (χ0n) is 10.7. The van der Waals surface area contributed by atoms with Gasteiger partial charge in [0.25, 0.3) is 5.91 Å². The Bertz CT molecular complexity index is 620. The number of rotatable bonds is 2. The van der Waals surface area contributed by atoms with Crippen LogP contribution in [0.4, 0.5) is 5.69 Å². The fourth-order valence-electron chi connectivity index (χ4n) is 1.83. The van der Waals surface area contributed by atoms with Crippen LogP contribution in [0.25, 0.3) is 0 Å². The molecule has 2 rings (SSSR count). The average molecular weight is 292 g/mol. The van der Waals surface area contributed by atoms with Crippen molar-refractivity contribution in [3.05, 3.63) is 58.1 Å². The van der Waals surface area contributed by atoms with Gasteiger partial charge in [-0.05, 0) is 43.2 Å². The highest BCUT2D eigenvalue weighted by molar-refractivity contribution is 7.80. The molecule has 0 unspecified atom stereocenters. The van der Waals surface area contributed by atoms with E-state index in [-0.39, 0.29) is 5.91 Å². The molecule has 19 heavy (non-hydrogen) atoms. The summed E-state index contributed by atoms with van der Waals surface area (Å²) in [7, 11) is 0. The van der Waals surface area contributed by atoms with Gasteiger partial charge in [-0.1, -0.05) is 29.8 Å². The van der Waals surface area contributed by atoms with Crippen molar-refractivity contribution >= 4 is 35.8 Å². The number of carbonyl (C=O) groups is 1. The highest BCUT2D eigenvalue weighted by Gasteiger charge is 2.12. The summed E-state index contributed by atoms with van der Waals surface area (Å²) in [6.45, 7) is 3.80. The SMILES string of the molecule is Cc1ccc(S)cc1C(=O)Nc1c(C)cccc1Cl. The van der Waals surface area contributed by atoms with Crippen molar-refractivity contribution in [3.8, 4) is 0 Å². The molecule has 0 aliphatic rings. The Balaban J connectivity index is 2.34. The highest BCUT2D eigenvalue weighted by atomic mass is 35.5. The van der Waals surface area contributed by atoms with Gasteiger partial charge >= 0.3 is 0 Å². The molecule has 4 heteroatoms. The molecule has 2 aromatic carbocycles. The van der Waals surface area contributed by atoms with Crippen LogP contribution >= 0.6 is 24.2 Å². The van der Waals surface area contributed by atoms with E-state index in [4.69, 9.17) is 11.6 Å². The van der Waals surface area contributed by atoms with Gasteiger partial charge in [0.2, 0.25) is 0 Å². The average Bonchev–Trinajstić information content (AvgIpc) is 2.37. The molecule has 1 amide bonds. The number of amides is 1. The van der Waals surface area contributed by atoms with E-state index >= 15 is 0 Å². The van der Waals surface area contributed by atoms with Crippen LogP contribution in [0.2, 0.25) is 5.02 Å². The van der Waals surface area contributed by atoms with Gasteiger partial charge in [-0.25, -0.2) is 0 Å². The Kier molecular flexibility index (Phi) is 4.17. The summed E-state index contributed by atoms with van der Waals surface area (Å²) in [5.41, 5.74) is 3.09. The summed E-state index contributed by atoms with van der Waals surface area (Å²) in [5, 5.41) is 3.39. The summed E-state index contributed by atoms with van der Waals surface area (Å²) in [4.78, 5) is 13.0. The van der Waals surface area contributed by atoms with Gasteiger partial charge in [0.05, 0.1) is 10.7 Å². The molecule has 98 valence electrons. The monoisotopic (exact) mass is 291 g/mol. The number of thiol groups is 1. The van der Waals surface area contributed by atoms with Crippen LogP contribution in [0.15, 0.2) is 41.3 Å². The standard InChI is InChI=1S/C15H14ClNOS/c1-9-6-7-11(19)8-12(9)15(18)17-14-10(2)4-3-5-13(14)16/h3-8,19H,1-2H3,(H,17,18). The van der Waals surface area contributed by atoms with Crippen LogP contribution in [0.5, 0.6) is 0 Å². The van der Waals surface area contributed by atoms with E-state index in [1.165, 1.54) is 0 Å². The number of hydrogen-bond acceptors (Lipinski definition) is 2. The number of nitrogens with one attached hydrogen (secondary N) is 1. The summed E-state index contributed by atoms with van der Waals surface area (Å²) < 4.78 is 0. The van der Waals surface area contributed by atoms with Crippen molar-refractivity contribution in [3.63, 3.8) is 0 Å². The van der Waals surface area contributed by atoms with Gasteiger partial charge in [-0.2, -0.15) is 0 Å². The molecule has 0 atom stereocenters. The summed E-state index contributed by atoms with van der Waals surface area (Å²) in [5.74, 6) is -0.176. The maximum atomic E-state index is 12.3. The Morgan fingerprint density at radius 1 is 1.16 bits per heavy atom. The number of para-hydroxylation sites is 1. The van der Waals surface area contributed by atoms with Crippen LogP contribution in [0.3, 0.4) is 0 Å². The van der Waals surface area contributed by atoms with Gasteiger partial charge in [0, 0.05) is 10.5 Å². The zero-order chi connectivity index (χ0) is 14.0. The molecule has 2 nitrogen and oxygen atoms in total. The van der Waals surface area contributed by atoms with Crippen LogP contribution in [-0.4, -0.2) is 5.91 Å². The second kappa shape index (κ2) is 5.68. The summed E-state index contributed by atoms with van der Waals surface area (Å²) in [6, 6.07) is 11.0. The molecule has 2 aromatic rings. The Morgan fingerprint density at radius 2 is 1.89 bits per heavy atom. The van der Waals surface area contributed by atoms with Gasteiger partial charge in [0.15, 0.2) is 0 Å². The predicted octanol–water partition coefficient (Wildman–Crippen LogP) is 4.50. The quantitative estimate of drug-likeness (QED) is 0.784. The van der Waals surface area contributed by atoms with Crippen LogP contribution in [-0.2, 0) is 0 Å². The number of hydrogen-bond donors (Lipinski definition) is 2. The van der Waals surface area contributed by atoms with Crippen LogP contribution in [0.1, 0.15) is 21.5 Å². The molecule has 0 fully saturated rings. The van der Waals surface area contributed by atoms with Crippen molar-refractivity contribution < 1.29 is 4.79 Å². The van der Waals surface area contributed by atoms with Crippen molar-refractivity contribution in [1.82, 2.24) is 0 Å². The molecule has 0 aliphatic carbocycles. The van der Waals surface area contributed by atoms with Crippen molar-refractivity contribution in [2.45, 2.75) is 18.7 Å². The molecular weight excluding hydrogens is 278 g/mol. The molecule has 0 saturated carbocycles. The molecule has 1 N–H and O–H groups in total. The predicted molar refractivity (Wildman–Crippen MR) is 82.6 cm³/mol. The third kappa shape index (κ3) is 3.11. The lowest BCUT2D eigenvalue weighted by Gasteiger charge is -2.12. The highest BCUT2D eigenvalue weighted by Crippen LogP contribution is 2.26. The maximum absolute atomic E-state index is 12.3. The summed E-state index contributed by atoms with van der Waals surface area (Å²) >= 11 is 10.4. The van der Waals surface area contributed by atoms with E-state index in [0.717, 1.165) is 16.0 Å². The third-order valence-corrected chi connectivity index (χ3v) is 3.52. The summed E-state index contributed by atoms with van der Waals surface area (Å²) in [6.07, 6.45) is 0. The van der Waals surface area contributed by atoms with Crippen molar-refractivity contribution in [2.24, 2.45) is 0 Å². The second-order valence-corrected chi connectivity index (χ2v) is 5.31. The van der Waals surface area contributed by atoms with E-state index in [2.05, 4.69) is 17.9 Å². The minimum absolute atomic E-state index is 0.176. The number of anilines is 1.